The lowest BCUT2D eigenvalue weighted by Crippen LogP contribution is -2.21. The van der Waals surface area contributed by atoms with E-state index in [9.17, 15) is 0 Å². The van der Waals surface area contributed by atoms with Gasteiger partial charge in [-0.25, -0.2) is 0 Å². The Morgan fingerprint density at radius 2 is 1.95 bits per heavy atom. The van der Waals surface area contributed by atoms with Gasteiger partial charge in [0.25, 0.3) is 0 Å². The van der Waals surface area contributed by atoms with Crippen LogP contribution in [-0.4, -0.2) is 13.2 Å². The fourth-order valence-electron chi connectivity index (χ4n) is 1.99. The molecule has 1 unspecified atom stereocenters. The van der Waals surface area contributed by atoms with Crippen molar-refractivity contribution >= 4 is 11.8 Å². The van der Waals surface area contributed by atoms with Crippen LogP contribution in [0.2, 0.25) is 0 Å². The first-order chi connectivity index (χ1) is 9.72. The summed E-state index contributed by atoms with van der Waals surface area (Å²) in [7, 11) is 1.69. The molecule has 0 fully saturated rings. The Hall–Kier alpha value is -1.45. The second-order valence-corrected chi connectivity index (χ2v) is 5.88. The molecule has 1 atom stereocenters. The van der Waals surface area contributed by atoms with E-state index in [4.69, 9.17) is 10.5 Å². The fourth-order valence-corrected chi connectivity index (χ4v) is 3.00. The quantitative estimate of drug-likeness (QED) is 0.867. The van der Waals surface area contributed by atoms with E-state index in [-0.39, 0.29) is 6.04 Å². The molecule has 0 aromatic heterocycles. The predicted molar refractivity (Wildman–Crippen MR) is 85.5 cm³/mol. The highest BCUT2D eigenvalue weighted by Crippen LogP contribution is 2.32. The molecule has 0 bridgehead atoms. The zero-order chi connectivity index (χ0) is 14.4. The van der Waals surface area contributed by atoms with E-state index < -0.39 is 0 Å². The van der Waals surface area contributed by atoms with E-state index in [1.807, 2.05) is 12.1 Å². The SMILES string of the molecule is CCC(N)Cc1ccccc1Sc1cccc(OC)c1. The topological polar surface area (TPSA) is 35.2 Å². The molecule has 2 N–H and O–H groups in total. The summed E-state index contributed by atoms with van der Waals surface area (Å²) in [5.74, 6) is 0.887. The van der Waals surface area contributed by atoms with E-state index in [1.165, 1.54) is 15.4 Å². The minimum Gasteiger partial charge on any atom is -0.497 e. The van der Waals surface area contributed by atoms with Crippen molar-refractivity contribution in [2.75, 3.05) is 7.11 Å². The van der Waals surface area contributed by atoms with Gasteiger partial charge in [0.05, 0.1) is 7.11 Å². The molecule has 3 heteroatoms. The number of benzene rings is 2. The van der Waals surface area contributed by atoms with Crippen molar-refractivity contribution in [3.05, 3.63) is 54.1 Å². The molecule has 0 radical (unpaired) electrons. The summed E-state index contributed by atoms with van der Waals surface area (Å²) in [5.41, 5.74) is 7.40. The minimum absolute atomic E-state index is 0.224. The van der Waals surface area contributed by atoms with Crippen LogP contribution in [0.3, 0.4) is 0 Å². The fraction of sp³-hybridized carbons (Fsp3) is 0.294. The van der Waals surface area contributed by atoms with Gasteiger partial charge in [-0.05, 0) is 42.7 Å². The molecular formula is C17H21NOS. The second-order valence-electron chi connectivity index (χ2n) is 4.76. The molecule has 0 spiro atoms. The molecular weight excluding hydrogens is 266 g/mol. The summed E-state index contributed by atoms with van der Waals surface area (Å²) in [6.45, 7) is 2.13. The predicted octanol–water partition coefficient (Wildman–Crippen LogP) is 4.13. The number of hydrogen-bond donors (Lipinski definition) is 1. The van der Waals surface area contributed by atoms with Gasteiger partial charge in [-0.3, -0.25) is 0 Å². The van der Waals surface area contributed by atoms with Crippen molar-refractivity contribution in [1.82, 2.24) is 0 Å². The number of rotatable bonds is 6. The molecule has 106 valence electrons. The number of ether oxygens (including phenoxy) is 1. The lowest BCUT2D eigenvalue weighted by Gasteiger charge is -2.13. The van der Waals surface area contributed by atoms with E-state index in [2.05, 4.69) is 43.3 Å². The van der Waals surface area contributed by atoms with E-state index in [0.717, 1.165) is 18.6 Å². The molecule has 2 aromatic carbocycles. The zero-order valence-electron chi connectivity index (χ0n) is 12.0. The summed E-state index contributed by atoms with van der Waals surface area (Å²) < 4.78 is 5.27. The molecule has 2 aromatic rings. The van der Waals surface area contributed by atoms with Gasteiger partial charge in [0, 0.05) is 15.8 Å². The van der Waals surface area contributed by atoms with Crippen LogP contribution < -0.4 is 10.5 Å². The third kappa shape index (κ3) is 4.02. The molecule has 0 aliphatic carbocycles. The second kappa shape index (κ2) is 7.36. The van der Waals surface area contributed by atoms with Crippen molar-refractivity contribution in [2.45, 2.75) is 35.6 Å². The molecule has 0 aliphatic heterocycles. The maximum Gasteiger partial charge on any atom is 0.119 e. The maximum absolute atomic E-state index is 6.08. The Labute approximate surface area is 125 Å². The number of nitrogens with two attached hydrogens (primary N) is 1. The third-order valence-electron chi connectivity index (χ3n) is 3.25. The Balaban J connectivity index is 2.19. The van der Waals surface area contributed by atoms with Crippen molar-refractivity contribution in [1.29, 1.82) is 0 Å². The Kier molecular flexibility index (Phi) is 5.50. The van der Waals surface area contributed by atoms with Crippen LogP contribution in [0.5, 0.6) is 5.75 Å². The summed E-state index contributed by atoms with van der Waals surface area (Å²) in [6.07, 6.45) is 1.92. The molecule has 0 saturated carbocycles. The van der Waals surface area contributed by atoms with E-state index >= 15 is 0 Å². The summed E-state index contributed by atoms with van der Waals surface area (Å²) in [6, 6.07) is 16.8. The highest BCUT2D eigenvalue weighted by atomic mass is 32.2. The first-order valence-corrected chi connectivity index (χ1v) is 7.70. The lowest BCUT2D eigenvalue weighted by molar-refractivity contribution is 0.413. The van der Waals surface area contributed by atoms with Gasteiger partial charge in [-0.15, -0.1) is 0 Å². The molecule has 0 heterocycles. The molecule has 0 amide bonds. The van der Waals surface area contributed by atoms with Crippen LogP contribution >= 0.6 is 11.8 Å². The summed E-state index contributed by atoms with van der Waals surface area (Å²) in [4.78, 5) is 2.45. The standard InChI is InChI=1S/C17H21NOS/c1-3-14(18)11-13-7-4-5-10-17(13)20-16-9-6-8-15(12-16)19-2/h4-10,12,14H,3,11,18H2,1-2H3. The molecule has 0 aliphatic rings. The van der Waals surface area contributed by atoms with Crippen LogP contribution in [-0.2, 0) is 6.42 Å². The minimum atomic E-state index is 0.224. The average Bonchev–Trinajstić information content (AvgIpc) is 2.49. The van der Waals surface area contributed by atoms with E-state index in [0.29, 0.717) is 0 Å². The van der Waals surface area contributed by atoms with Gasteiger partial charge in [0.15, 0.2) is 0 Å². The molecule has 20 heavy (non-hydrogen) atoms. The normalized spacial score (nSPS) is 12.2. The average molecular weight is 287 g/mol. The number of methoxy groups -OCH3 is 1. The zero-order valence-corrected chi connectivity index (χ0v) is 12.8. The van der Waals surface area contributed by atoms with E-state index in [1.54, 1.807) is 18.9 Å². The van der Waals surface area contributed by atoms with Gasteiger partial charge in [-0.1, -0.05) is 43.0 Å². The van der Waals surface area contributed by atoms with Gasteiger partial charge in [-0.2, -0.15) is 0 Å². The highest BCUT2D eigenvalue weighted by Gasteiger charge is 2.08. The van der Waals surface area contributed by atoms with Crippen LogP contribution in [0.4, 0.5) is 0 Å². The Morgan fingerprint density at radius 1 is 1.15 bits per heavy atom. The maximum atomic E-state index is 6.08. The summed E-state index contributed by atoms with van der Waals surface area (Å²) in [5, 5.41) is 0. The van der Waals surface area contributed by atoms with Crippen molar-refractivity contribution in [3.8, 4) is 5.75 Å². The lowest BCUT2D eigenvalue weighted by atomic mass is 10.1. The van der Waals surface area contributed by atoms with Gasteiger partial charge >= 0.3 is 0 Å². The van der Waals surface area contributed by atoms with Crippen LogP contribution in [0, 0.1) is 0 Å². The van der Waals surface area contributed by atoms with Gasteiger partial charge in [0.1, 0.15) is 5.75 Å². The van der Waals surface area contributed by atoms with Crippen molar-refractivity contribution in [3.63, 3.8) is 0 Å². The molecule has 2 nitrogen and oxygen atoms in total. The first kappa shape index (κ1) is 14.9. The van der Waals surface area contributed by atoms with Crippen LogP contribution in [0.25, 0.3) is 0 Å². The van der Waals surface area contributed by atoms with Gasteiger partial charge < -0.3 is 10.5 Å². The Morgan fingerprint density at radius 3 is 2.70 bits per heavy atom. The Bertz CT molecular complexity index is 556. The molecule has 0 saturated heterocycles. The van der Waals surface area contributed by atoms with Crippen molar-refractivity contribution < 1.29 is 4.74 Å². The smallest absolute Gasteiger partial charge is 0.119 e. The molecule has 2 rings (SSSR count). The number of hydrogen-bond acceptors (Lipinski definition) is 3. The van der Waals surface area contributed by atoms with Gasteiger partial charge in [0.2, 0.25) is 0 Å². The largest absolute Gasteiger partial charge is 0.497 e. The first-order valence-electron chi connectivity index (χ1n) is 6.88. The third-order valence-corrected chi connectivity index (χ3v) is 4.36. The highest BCUT2D eigenvalue weighted by molar-refractivity contribution is 7.99. The monoisotopic (exact) mass is 287 g/mol. The summed E-state index contributed by atoms with van der Waals surface area (Å²) >= 11 is 1.76. The van der Waals surface area contributed by atoms with Crippen molar-refractivity contribution in [2.24, 2.45) is 5.73 Å². The van der Waals surface area contributed by atoms with Crippen LogP contribution in [0.1, 0.15) is 18.9 Å². The van der Waals surface area contributed by atoms with Crippen LogP contribution in [0.15, 0.2) is 58.3 Å².